The summed E-state index contributed by atoms with van der Waals surface area (Å²) < 4.78 is 5.86. The van der Waals surface area contributed by atoms with Gasteiger partial charge < -0.3 is 14.7 Å². The molecule has 0 unspecified atom stereocenters. The van der Waals surface area contributed by atoms with Gasteiger partial charge in [0.05, 0.1) is 0 Å². The quantitative estimate of drug-likeness (QED) is 0.912. The molecular weight excluding hydrogens is 318 g/mol. The summed E-state index contributed by atoms with van der Waals surface area (Å²) in [6.45, 7) is 0.926. The van der Waals surface area contributed by atoms with Crippen LogP contribution in [0.25, 0.3) is 0 Å². The molecule has 3 fully saturated rings. The molecule has 5 heteroatoms. The molecule has 134 valence electrons. The van der Waals surface area contributed by atoms with E-state index in [1.54, 1.807) is 12.1 Å². The number of carbonyl (C=O) groups is 2. The number of rotatable bonds is 4. The molecule has 0 radical (unpaired) electrons. The molecule has 3 aliphatic rings. The number of aliphatic carboxylic acids is 1. The van der Waals surface area contributed by atoms with Crippen molar-refractivity contribution >= 4 is 11.9 Å². The van der Waals surface area contributed by atoms with Gasteiger partial charge in [0.2, 0.25) is 11.5 Å². The summed E-state index contributed by atoms with van der Waals surface area (Å²) in [5.74, 6) is 0.0434. The zero-order chi connectivity index (χ0) is 17.5. The van der Waals surface area contributed by atoms with Crippen molar-refractivity contribution in [3.05, 3.63) is 30.3 Å². The van der Waals surface area contributed by atoms with Crippen molar-refractivity contribution in [3.8, 4) is 5.75 Å². The molecule has 1 atom stereocenters. The Bertz CT molecular complexity index is 658. The molecule has 2 aliphatic carbocycles. The van der Waals surface area contributed by atoms with Gasteiger partial charge in [-0.2, -0.15) is 0 Å². The Kier molecular flexibility index (Phi) is 3.97. The van der Waals surface area contributed by atoms with Gasteiger partial charge in [-0.1, -0.05) is 31.0 Å². The summed E-state index contributed by atoms with van der Waals surface area (Å²) >= 11 is 0. The first-order chi connectivity index (χ1) is 12.0. The molecule has 0 aromatic heterocycles. The lowest BCUT2D eigenvalue weighted by Gasteiger charge is -2.39. The van der Waals surface area contributed by atoms with E-state index in [1.165, 1.54) is 25.7 Å². The summed E-state index contributed by atoms with van der Waals surface area (Å²) in [6, 6.07) is 9.08. The minimum atomic E-state index is -1.23. The summed E-state index contributed by atoms with van der Waals surface area (Å²) in [4.78, 5) is 26.5. The number of carbonyl (C=O) groups excluding carboxylic acids is 1. The molecule has 1 spiro atoms. The van der Waals surface area contributed by atoms with Crippen LogP contribution in [0.1, 0.15) is 44.9 Å². The lowest BCUT2D eigenvalue weighted by Crippen LogP contribution is -2.54. The Morgan fingerprint density at radius 1 is 1.04 bits per heavy atom. The highest BCUT2D eigenvalue weighted by Crippen LogP contribution is 2.63. The third-order valence-electron chi connectivity index (χ3n) is 6.42. The Hall–Kier alpha value is -2.04. The molecule has 1 amide bonds. The third-order valence-corrected chi connectivity index (χ3v) is 6.42. The van der Waals surface area contributed by atoms with Crippen molar-refractivity contribution in [3.63, 3.8) is 0 Å². The van der Waals surface area contributed by atoms with E-state index >= 15 is 0 Å². The van der Waals surface area contributed by atoms with Crippen molar-refractivity contribution in [2.45, 2.75) is 50.5 Å². The smallest absolute Gasteiger partial charge is 0.348 e. The van der Waals surface area contributed by atoms with Crippen molar-refractivity contribution < 1.29 is 19.4 Å². The van der Waals surface area contributed by atoms with Crippen LogP contribution < -0.4 is 4.74 Å². The number of carboxylic acids is 1. The van der Waals surface area contributed by atoms with Crippen LogP contribution >= 0.6 is 0 Å². The Balaban J connectivity index is 1.40. The first-order valence-electron chi connectivity index (χ1n) is 9.31. The highest BCUT2D eigenvalue weighted by Gasteiger charge is 2.60. The molecule has 1 saturated heterocycles. The van der Waals surface area contributed by atoms with Crippen molar-refractivity contribution in [2.24, 2.45) is 11.3 Å². The summed E-state index contributed by atoms with van der Waals surface area (Å²) in [7, 11) is 0. The van der Waals surface area contributed by atoms with Gasteiger partial charge in [-0.05, 0) is 36.8 Å². The van der Waals surface area contributed by atoms with E-state index in [-0.39, 0.29) is 11.8 Å². The van der Waals surface area contributed by atoms with Crippen LogP contribution in [0.5, 0.6) is 5.75 Å². The van der Waals surface area contributed by atoms with Gasteiger partial charge in [0, 0.05) is 31.8 Å². The molecule has 1 N–H and O–H groups in total. The number of benzene rings is 1. The molecule has 1 aliphatic heterocycles. The van der Waals surface area contributed by atoms with Crippen LogP contribution in [0, 0.1) is 11.3 Å². The molecule has 4 rings (SSSR count). The van der Waals surface area contributed by atoms with Crippen LogP contribution in [0.3, 0.4) is 0 Å². The van der Waals surface area contributed by atoms with E-state index in [2.05, 4.69) is 0 Å². The molecule has 25 heavy (non-hydrogen) atoms. The van der Waals surface area contributed by atoms with Crippen molar-refractivity contribution in [1.82, 2.24) is 4.90 Å². The van der Waals surface area contributed by atoms with E-state index in [1.807, 2.05) is 23.1 Å². The summed E-state index contributed by atoms with van der Waals surface area (Å²) in [5, 5.41) is 9.74. The van der Waals surface area contributed by atoms with Gasteiger partial charge in [-0.3, -0.25) is 4.79 Å². The average molecular weight is 343 g/mol. The van der Waals surface area contributed by atoms with E-state index in [0.717, 1.165) is 6.42 Å². The van der Waals surface area contributed by atoms with Crippen LogP contribution in [0.15, 0.2) is 30.3 Å². The van der Waals surface area contributed by atoms with E-state index in [4.69, 9.17) is 4.74 Å². The topological polar surface area (TPSA) is 66.8 Å². The first-order valence-corrected chi connectivity index (χ1v) is 9.31. The van der Waals surface area contributed by atoms with Gasteiger partial charge in [-0.25, -0.2) is 4.79 Å². The fourth-order valence-electron chi connectivity index (χ4n) is 4.71. The van der Waals surface area contributed by atoms with Crippen LogP contribution in [-0.2, 0) is 9.59 Å². The Morgan fingerprint density at radius 3 is 2.28 bits per heavy atom. The predicted molar refractivity (Wildman–Crippen MR) is 92.3 cm³/mol. The lowest BCUT2D eigenvalue weighted by atomic mass is 9.90. The molecule has 5 nitrogen and oxygen atoms in total. The molecule has 1 heterocycles. The number of nitrogens with zero attached hydrogens (tertiary/aromatic N) is 1. The number of para-hydroxylation sites is 1. The van der Waals surface area contributed by atoms with Crippen LogP contribution in [-0.4, -0.2) is 40.6 Å². The maximum atomic E-state index is 12.8. The van der Waals surface area contributed by atoms with E-state index in [0.29, 0.717) is 37.1 Å². The molecule has 1 aromatic carbocycles. The monoisotopic (exact) mass is 343 g/mol. The third kappa shape index (κ3) is 2.90. The highest BCUT2D eigenvalue weighted by molar-refractivity contribution is 5.84. The lowest BCUT2D eigenvalue weighted by molar-refractivity contribution is -0.162. The van der Waals surface area contributed by atoms with Gasteiger partial charge in [0.15, 0.2) is 0 Å². The van der Waals surface area contributed by atoms with Crippen molar-refractivity contribution in [1.29, 1.82) is 0 Å². The maximum Gasteiger partial charge on any atom is 0.348 e. The van der Waals surface area contributed by atoms with Crippen LogP contribution in [0.2, 0.25) is 0 Å². The SMILES string of the molecule is O=C([C@H]1CC12CCCC2)N1CCC(Oc2ccccc2)(C(=O)O)CC1. The normalized spacial score (nSPS) is 26.4. The molecule has 0 bridgehead atoms. The second kappa shape index (κ2) is 6.04. The predicted octanol–water partition coefficient (Wildman–Crippen LogP) is 3.09. The van der Waals surface area contributed by atoms with E-state index in [9.17, 15) is 14.7 Å². The fourth-order valence-corrected chi connectivity index (χ4v) is 4.71. The number of hydrogen-bond donors (Lipinski definition) is 1. The number of piperidine rings is 1. The maximum absolute atomic E-state index is 12.8. The second-order valence-corrected chi connectivity index (χ2v) is 7.87. The Morgan fingerprint density at radius 2 is 1.68 bits per heavy atom. The zero-order valence-electron chi connectivity index (χ0n) is 14.4. The summed E-state index contributed by atoms with van der Waals surface area (Å²) in [5.41, 5.74) is -0.939. The Labute approximate surface area is 148 Å². The van der Waals surface area contributed by atoms with Crippen LogP contribution in [0.4, 0.5) is 0 Å². The molecule has 2 saturated carbocycles. The number of likely N-dealkylation sites (tertiary alicyclic amines) is 1. The number of hydrogen-bond acceptors (Lipinski definition) is 3. The molecule has 1 aromatic rings. The van der Waals surface area contributed by atoms with Gasteiger partial charge in [-0.15, -0.1) is 0 Å². The number of ether oxygens (including phenoxy) is 1. The standard InChI is InChI=1S/C20H25NO4/c22-17(16-14-19(16)8-4-5-9-19)21-12-10-20(11-13-21,18(23)24)25-15-6-2-1-3-7-15/h1-3,6-7,16H,4-5,8-14H2,(H,23,24)/t16-/m1/s1. The second-order valence-electron chi connectivity index (χ2n) is 7.87. The first kappa shape index (κ1) is 16.4. The molecular formula is C20H25NO4. The number of carboxylic acid groups (broad SMARTS) is 1. The zero-order valence-corrected chi connectivity index (χ0v) is 14.4. The van der Waals surface area contributed by atoms with Gasteiger partial charge in [0.25, 0.3) is 0 Å². The number of amides is 1. The summed E-state index contributed by atoms with van der Waals surface area (Å²) in [6.07, 6.45) is 6.58. The minimum absolute atomic E-state index is 0.183. The van der Waals surface area contributed by atoms with Crippen molar-refractivity contribution in [2.75, 3.05) is 13.1 Å². The average Bonchev–Trinajstić information content (AvgIpc) is 3.12. The fraction of sp³-hybridized carbons (Fsp3) is 0.600. The largest absolute Gasteiger partial charge is 0.478 e. The minimum Gasteiger partial charge on any atom is -0.478 e. The van der Waals surface area contributed by atoms with Gasteiger partial charge in [0.1, 0.15) is 5.75 Å². The highest BCUT2D eigenvalue weighted by atomic mass is 16.5. The van der Waals surface area contributed by atoms with Gasteiger partial charge >= 0.3 is 5.97 Å². The van der Waals surface area contributed by atoms with E-state index < -0.39 is 11.6 Å².